The third kappa shape index (κ3) is 4.74. The Hall–Kier alpha value is -2.49. The Morgan fingerprint density at radius 2 is 1.70 bits per heavy atom. The van der Waals surface area contributed by atoms with Gasteiger partial charge in [0.1, 0.15) is 5.75 Å². The monoisotopic (exact) mass is 312 g/mol. The maximum absolute atomic E-state index is 12.2. The highest BCUT2D eigenvalue weighted by atomic mass is 16.5. The lowest BCUT2D eigenvalue weighted by Gasteiger charge is -2.15. The SMILES string of the molecule is CCOc1ccccc1NCC(=O)Nc1ccccc1C(C)C. The predicted octanol–water partition coefficient (Wildman–Crippen LogP) is 4.26. The number of ether oxygens (including phenoxy) is 1. The molecule has 2 aromatic carbocycles. The molecule has 0 saturated heterocycles. The van der Waals surface area contributed by atoms with Gasteiger partial charge in [-0.05, 0) is 36.6 Å². The minimum Gasteiger partial charge on any atom is -0.492 e. The molecule has 0 radical (unpaired) electrons. The first-order valence-corrected chi connectivity index (χ1v) is 7.96. The molecule has 4 nitrogen and oxygen atoms in total. The highest BCUT2D eigenvalue weighted by Gasteiger charge is 2.10. The number of anilines is 2. The lowest BCUT2D eigenvalue weighted by atomic mass is 10.0. The molecule has 0 unspecified atom stereocenters. The third-order valence-corrected chi connectivity index (χ3v) is 3.48. The zero-order valence-electron chi connectivity index (χ0n) is 13.9. The maximum atomic E-state index is 12.2. The minimum atomic E-state index is -0.0793. The molecule has 0 spiro atoms. The Labute approximate surface area is 137 Å². The van der Waals surface area contributed by atoms with Crippen molar-refractivity contribution >= 4 is 17.3 Å². The van der Waals surface area contributed by atoms with Crippen LogP contribution in [0.3, 0.4) is 0 Å². The number of benzene rings is 2. The fourth-order valence-corrected chi connectivity index (χ4v) is 2.38. The summed E-state index contributed by atoms with van der Waals surface area (Å²) in [5.41, 5.74) is 2.82. The van der Waals surface area contributed by atoms with Crippen LogP contribution < -0.4 is 15.4 Å². The number of para-hydroxylation sites is 3. The zero-order chi connectivity index (χ0) is 16.7. The second kappa shape index (κ2) is 8.22. The third-order valence-electron chi connectivity index (χ3n) is 3.48. The van der Waals surface area contributed by atoms with Crippen molar-refractivity contribution in [3.63, 3.8) is 0 Å². The van der Waals surface area contributed by atoms with Gasteiger partial charge in [-0.15, -0.1) is 0 Å². The van der Waals surface area contributed by atoms with Gasteiger partial charge in [-0.3, -0.25) is 4.79 Å². The molecule has 0 heterocycles. The Bertz CT molecular complexity index is 653. The molecule has 1 amide bonds. The number of rotatable bonds is 7. The molecule has 2 N–H and O–H groups in total. The molecule has 0 aliphatic rings. The van der Waals surface area contributed by atoms with Crippen molar-refractivity contribution < 1.29 is 9.53 Å². The standard InChI is InChI=1S/C19H24N2O2/c1-4-23-18-12-8-7-11-17(18)20-13-19(22)21-16-10-6-5-9-15(16)14(2)3/h5-12,14,20H,4,13H2,1-3H3,(H,21,22). The van der Waals surface area contributed by atoms with Gasteiger partial charge in [0.2, 0.25) is 5.91 Å². The van der Waals surface area contributed by atoms with E-state index in [0.717, 1.165) is 22.7 Å². The first kappa shape index (κ1) is 16.9. The normalized spacial score (nSPS) is 10.4. The lowest BCUT2D eigenvalue weighted by molar-refractivity contribution is -0.114. The van der Waals surface area contributed by atoms with Crippen molar-refractivity contribution in [2.75, 3.05) is 23.8 Å². The summed E-state index contributed by atoms with van der Waals surface area (Å²) in [6.07, 6.45) is 0. The molecule has 4 heteroatoms. The van der Waals surface area contributed by atoms with Crippen molar-refractivity contribution in [3.05, 3.63) is 54.1 Å². The van der Waals surface area contributed by atoms with Gasteiger partial charge in [0.05, 0.1) is 18.8 Å². The summed E-state index contributed by atoms with van der Waals surface area (Å²) in [4.78, 5) is 12.2. The molecule has 0 fully saturated rings. The fraction of sp³-hybridized carbons (Fsp3) is 0.316. The number of carbonyl (C=O) groups is 1. The zero-order valence-corrected chi connectivity index (χ0v) is 13.9. The summed E-state index contributed by atoms with van der Waals surface area (Å²) in [7, 11) is 0. The number of hydrogen-bond acceptors (Lipinski definition) is 3. The van der Waals surface area contributed by atoms with E-state index in [2.05, 4.69) is 24.5 Å². The number of carbonyl (C=O) groups excluding carboxylic acids is 1. The molecule has 0 aromatic heterocycles. The Morgan fingerprint density at radius 3 is 2.39 bits per heavy atom. The Kier molecular flexibility index (Phi) is 6.03. The molecule has 0 atom stereocenters. The molecule has 2 aromatic rings. The van der Waals surface area contributed by atoms with Crippen molar-refractivity contribution in [2.24, 2.45) is 0 Å². The van der Waals surface area contributed by atoms with Gasteiger partial charge in [-0.1, -0.05) is 44.2 Å². The van der Waals surface area contributed by atoms with E-state index in [1.807, 2.05) is 55.5 Å². The highest BCUT2D eigenvalue weighted by Crippen LogP contribution is 2.25. The molecule has 0 bridgehead atoms. The molecular weight excluding hydrogens is 288 g/mol. The van der Waals surface area contributed by atoms with E-state index in [1.54, 1.807) is 0 Å². The van der Waals surface area contributed by atoms with Crippen LogP contribution in [0.5, 0.6) is 5.75 Å². The molecule has 0 saturated carbocycles. The van der Waals surface area contributed by atoms with Crippen LogP contribution in [0.25, 0.3) is 0 Å². The van der Waals surface area contributed by atoms with Crippen LogP contribution in [0.1, 0.15) is 32.3 Å². The van der Waals surface area contributed by atoms with E-state index in [-0.39, 0.29) is 12.5 Å². The van der Waals surface area contributed by atoms with Crippen molar-refractivity contribution in [1.82, 2.24) is 0 Å². The second-order valence-corrected chi connectivity index (χ2v) is 5.57. The molecule has 122 valence electrons. The topological polar surface area (TPSA) is 50.4 Å². The van der Waals surface area contributed by atoms with Crippen LogP contribution in [0, 0.1) is 0 Å². The van der Waals surface area contributed by atoms with Crippen LogP contribution in [0.15, 0.2) is 48.5 Å². The summed E-state index contributed by atoms with van der Waals surface area (Å²) < 4.78 is 5.54. The molecule has 2 rings (SSSR count). The highest BCUT2D eigenvalue weighted by molar-refractivity contribution is 5.94. The summed E-state index contributed by atoms with van der Waals surface area (Å²) in [6.45, 7) is 6.94. The van der Waals surface area contributed by atoms with Gasteiger partial charge in [0.25, 0.3) is 0 Å². The van der Waals surface area contributed by atoms with Gasteiger partial charge in [-0.25, -0.2) is 0 Å². The van der Waals surface area contributed by atoms with Crippen LogP contribution in [0.4, 0.5) is 11.4 Å². The molecule has 0 aliphatic carbocycles. The van der Waals surface area contributed by atoms with E-state index in [0.29, 0.717) is 12.5 Å². The maximum Gasteiger partial charge on any atom is 0.243 e. The van der Waals surface area contributed by atoms with Gasteiger partial charge in [-0.2, -0.15) is 0 Å². The lowest BCUT2D eigenvalue weighted by Crippen LogP contribution is -2.22. The van der Waals surface area contributed by atoms with Crippen LogP contribution >= 0.6 is 0 Å². The van der Waals surface area contributed by atoms with E-state index in [9.17, 15) is 4.79 Å². The van der Waals surface area contributed by atoms with Gasteiger partial charge < -0.3 is 15.4 Å². The number of amides is 1. The minimum absolute atomic E-state index is 0.0793. The van der Waals surface area contributed by atoms with Gasteiger partial charge in [0, 0.05) is 5.69 Å². The number of nitrogens with one attached hydrogen (secondary N) is 2. The Balaban J connectivity index is 1.99. The summed E-state index contributed by atoms with van der Waals surface area (Å²) in [6, 6.07) is 15.5. The summed E-state index contributed by atoms with van der Waals surface area (Å²) in [5, 5.41) is 6.10. The summed E-state index contributed by atoms with van der Waals surface area (Å²) in [5.74, 6) is 1.04. The first-order chi connectivity index (χ1) is 11.1. The van der Waals surface area contributed by atoms with E-state index < -0.39 is 0 Å². The van der Waals surface area contributed by atoms with Crippen LogP contribution in [0.2, 0.25) is 0 Å². The number of hydrogen-bond donors (Lipinski definition) is 2. The predicted molar refractivity (Wildman–Crippen MR) is 95.3 cm³/mol. The second-order valence-electron chi connectivity index (χ2n) is 5.57. The molecule has 23 heavy (non-hydrogen) atoms. The van der Waals surface area contributed by atoms with E-state index >= 15 is 0 Å². The summed E-state index contributed by atoms with van der Waals surface area (Å²) >= 11 is 0. The quantitative estimate of drug-likeness (QED) is 0.803. The van der Waals surface area contributed by atoms with Gasteiger partial charge in [0.15, 0.2) is 0 Å². The van der Waals surface area contributed by atoms with Crippen LogP contribution in [-0.2, 0) is 4.79 Å². The van der Waals surface area contributed by atoms with Gasteiger partial charge >= 0.3 is 0 Å². The molecular formula is C19H24N2O2. The van der Waals surface area contributed by atoms with Crippen molar-refractivity contribution in [3.8, 4) is 5.75 Å². The van der Waals surface area contributed by atoms with Crippen LogP contribution in [-0.4, -0.2) is 19.1 Å². The Morgan fingerprint density at radius 1 is 1.04 bits per heavy atom. The average Bonchev–Trinajstić information content (AvgIpc) is 2.54. The average molecular weight is 312 g/mol. The fourth-order valence-electron chi connectivity index (χ4n) is 2.38. The smallest absolute Gasteiger partial charge is 0.243 e. The van der Waals surface area contributed by atoms with E-state index in [4.69, 9.17) is 4.74 Å². The van der Waals surface area contributed by atoms with Crippen molar-refractivity contribution in [1.29, 1.82) is 0 Å². The first-order valence-electron chi connectivity index (χ1n) is 7.96. The molecule has 0 aliphatic heterocycles. The largest absolute Gasteiger partial charge is 0.492 e. The van der Waals surface area contributed by atoms with Crippen molar-refractivity contribution in [2.45, 2.75) is 26.7 Å². The van der Waals surface area contributed by atoms with E-state index in [1.165, 1.54) is 0 Å².